The third kappa shape index (κ3) is 3.79. The van der Waals surface area contributed by atoms with Gasteiger partial charge in [0.1, 0.15) is 0 Å². The highest BCUT2D eigenvalue weighted by Crippen LogP contribution is 2.32. The number of amides is 1. The van der Waals surface area contributed by atoms with Crippen molar-refractivity contribution >= 4 is 39.1 Å². The van der Waals surface area contributed by atoms with Crippen molar-refractivity contribution in [2.45, 2.75) is 25.3 Å². The highest BCUT2D eigenvalue weighted by atomic mass is 79.9. The van der Waals surface area contributed by atoms with Crippen molar-refractivity contribution in [1.82, 2.24) is 5.32 Å². The van der Waals surface area contributed by atoms with E-state index in [-0.39, 0.29) is 5.41 Å². The minimum Gasteiger partial charge on any atom is -0.480 e. The molecule has 0 aliphatic carbocycles. The molecule has 4 N–H and O–H groups in total. The summed E-state index contributed by atoms with van der Waals surface area (Å²) in [4.78, 5) is 23.1. The molecule has 0 radical (unpaired) electrons. The number of hydrogen-bond donors (Lipinski definition) is 3. The summed E-state index contributed by atoms with van der Waals surface area (Å²) in [7, 11) is 0. The molecule has 1 amide bonds. The van der Waals surface area contributed by atoms with Crippen LogP contribution < -0.4 is 11.1 Å². The van der Waals surface area contributed by atoms with E-state index in [0.717, 1.165) is 8.66 Å². The minimum absolute atomic E-state index is 0.273. The molecule has 0 fully saturated rings. The fraction of sp³-hybridized carbons (Fsp3) is 0.455. The zero-order valence-electron chi connectivity index (χ0n) is 10.1. The molecule has 1 atom stereocenters. The Balaban J connectivity index is 2.62. The van der Waals surface area contributed by atoms with Gasteiger partial charge in [0.15, 0.2) is 6.04 Å². The smallest absolute Gasteiger partial charge is 0.330 e. The van der Waals surface area contributed by atoms with Crippen molar-refractivity contribution in [3.8, 4) is 0 Å². The third-order valence-electron chi connectivity index (χ3n) is 2.49. The van der Waals surface area contributed by atoms with Crippen LogP contribution in [-0.2, 0) is 15.0 Å². The average molecular weight is 335 g/mol. The van der Waals surface area contributed by atoms with Crippen LogP contribution in [0.4, 0.5) is 0 Å². The van der Waals surface area contributed by atoms with Crippen molar-refractivity contribution in [3.63, 3.8) is 0 Å². The Kier molecular flexibility index (Phi) is 4.89. The number of carbonyl (C=O) groups is 2. The zero-order chi connectivity index (χ0) is 13.9. The SMILES string of the molecule is CC(C)(CNC(=O)C(N)C(=O)O)c1ccc(Br)s1. The van der Waals surface area contributed by atoms with Crippen molar-refractivity contribution in [1.29, 1.82) is 0 Å². The molecule has 7 heteroatoms. The summed E-state index contributed by atoms with van der Waals surface area (Å²) in [6.45, 7) is 4.27. The van der Waals surface area contributed by atoms with E-state index in [1.165, 1.54) is 0 Å². The number of hydrogen-bond acceptors (Lipinski definition) is 4. The number of nitrogens with one attached hydrogen (secondary N) is 1. The molecule has 0 saturated carbocycles. The Bertz CT molecular complexity index is 459. The highest BCUT2D eigenvalue weighted by molar-refractivity contribution is 9.11. The maximum atomic E-state index is 11.4. The summed E-state index contributed by atoms with van der Waals surface area (Å²) in [5.74, 6) is -2.00. The van der Waals surface area contributed by atoms with Gasteiger partial charge < -0.3 is 16.2 Å². The van der Waals surface area contributed by atoms with Crippen LogP contribution in [0.3, 0.4) is 0 Å². The predicted molar refractivity (Wildman–Crippen MR) is 73.7 cm³/mol. The van der Waals surface area contributed by atoms with Gasteiger partial charge in [-0.05, 0) is 28.1 Å². The molecule has 1 unspecified atom stereocenters. The van der Waals surface area contributed by atoms with Gasteiger partial charge in [0.05, 0.1) is 3.79 Å². The first-order valence-electron chi connectivity index (χ1n) is 5.26. The van der Waals surface area contributed by atoms with E-state index >= 15 is 0 Å². The van der Waals surface area contributed by atoms with E-state index in [2.05, 4.69) is 21.2 Å². The number of rotatable bonds is 5. The molecule has 0 aromatic carbocycles. The first-order chi connectivity index (χ1) is 8.24. The summed E-state index contributed by atoms with van der Waals surface area (Å²) in [5, 5.41) is 11.2. The van der Waals surface area contributed by atoms with Crippen LogP contribution in [0.2, 0.25) is 0 Å². The molecule has 0 saturated heterocycles. The summed E-state index contributed by atoms with van der Waals surface area (Å²) in [6, 6.07) is 2.39. The number of carboxylic acid groups (broad SMARTS) is 1. The van der Waals surface area contributed by atoms with E-state index in [9.17, 15) is 9.59 Å². The van der Waals surface area contributed by atoms with Crippen LogP contribution in [0.15, 0.2) is 15.9 Å². The molecule has 1 rings (SSSR count). The van der Waals surface area contributed by atoms with Crippen molar-refractivity contribution in [3.05, 3.63) is 20.8 Å². The fourth-order valence-electron chi connectivity index (χ4n) is 1.30. The lowest BCUT2D eigenvalue weighted by Crippen LogP contribution is -2.48. The summed E-state index contributed by atoms with van der Waals surface area (Å²) >= 11 is 4.96. The molecule has 18 heavy (non-hydrogen) atoms. The second kappa shape index (κ2) is 5.81. The lowest BCUT2D eigenvalue weighted by molar-refractivity contribution is -0.142. The van der Waals surface area contributed by atoms with E-state index in [1.54, 1.807) is 11.3 Å². The van der Waals surface area contributed by atoms with Gasteiger partial charge in [0.2, 0.25) is 5.91 Å². The minimum atomic E-state index is -1.52. The molecule has 1 heterocycles. The van der Waals surface area contributed by atoms with Crippen LogP contribution in [0.5, 0.6) is 0 Å². The number of aliphatic carboxylic acids is 1. The largest absolute Gasteiger partial charge is 0.480 e. The maximum absolute atomic E-state index is 11.4. The normalized spacial score (nSPS) is 13.1. The number of thiophene rings is 1. The van der Waals surface area contributed by atoms with Gasteiger partial charge in [-0.2, -0.15) is 0 Å². The molecule has 0 spiro atoms. The van der Waals surface area contributed by atoms with Gasteiger partial charge in [-0.3, -0.25) is 4.79 Å². The predicted octanol–water partition coefficient (Wildman–Crippen LogP) is 1.32. The van der Waals surface area contributed by atoms with Crippen molar-refractivity contribution in [2.75, 3.05) is 6.54 Å². The van der Waals surface area contributed by atoms with Crippen molar-refractivity contribution in [2.24, 2.45) is 5.73 Å². The first kappa shape index (κ1) is 15.1. The average Bonchev–Trinajstić information content (AvgIpc) is 2.72. The molecule has 5 nitrogen and oxygen atoms in total. The van der Waals surface area contributed by atoms with Gasteiger partial charge in [-0.15, -0.1) is 11.3 Å². The topological polar surface area (TPSA) is 92.4 Å². The Labute approximate surface area is 118 Å². The molecular weight excluding hydrogens is 320 g/mol. The van der Waals surface area contributed by atoms with Gasteiger partial charge in [-0.1, -0.05) is 13.8 Å². The standard InChI is InChI=1S/C11H15BrN2O3S/c1-11(2,6-3-4-7(12)18-6)5-14-9(15)8(13)10(16)17/h3-4,8H,5,13H2,1-2H3,(H,14,15)(H,16,17). The first-order valence-corrected chi connectivity index (χ1v) is 6.87. The van der Waals surface area contributed by atoms with Crippen LogP contribution >= 0.6 is 27.3 Å². The van der Waals surface area contributed by atoms with E-state index in [4.69, 9.17) is 10.8 Å². The molecule has 100 valence electrons. The molecule has 0 aliphatic rings. The Hall–Kier alpha value is -0.920. The van der Waals surface area contributed by atoms with Crippen molar-refractivity contribution < 1.29 is 14.7 Å². The monoisotopic (exact) mass is 334 g/mol. The summed E-state index contributed by atoms with van der Waals surface area (Å²) < 4.78 is 1.01. The van der Waals surface area contributed by atoms with Gasteiger partial charge >= 0.3 is 5.97 Å². The lowest BCUT2D eigenvalue weighted by Gasteiger charge is -2.24. The number of carbonyl (C=O) groups excluding carboxylic acids is 1. The van der Waals surface area contributed by atoms with E-state index in [0.29, 0.717) is 6.54 Å². The molecule has 0 aliphatic heterocycles. The number of nitrogens with two attached hydrogens (primary N) is 1. The summed E-state index contributed by atoms with van der Waals surface area (Å²) in [6.07, 6.45) is 0. The van der Waals surface area contributed by atoms with Gasteiger partial charge in [-0.25, -0.2) is 4.79 Å². The Morgan fingerprint density at radius 1 is 1.56 bits per heavy atom. The number of halogens is 1. The number of carboxylic acids is 1. The maximum Gasteiger partial charge on any atom is 0.330 e. The van der Waals surface area contributed by atoms with Crippen LogP contribution in [0, 0.1) is 0 Å². The van der Waals surface area contributed by atoms with E-state index in [1.807, 2.05) is 26.0 Å². The molecule has 1 aromatic rings. The Morgan fingerprint density at radius 3 is 2.61 bits per heavy atom. The van der Waals surface area contributed by atoms with Gasteiger partial charge in [0.25, 0.3) is 0 Å². The summed E-state index contributed by atoms with van der Waals surface area (Å²) in [5.41, 5.74) is 4.94. The zero-order valence-corrected chi connectivity index (χ0v) is 12.5. The lowest BCUT2D eigenvalue weighted by atomic mass is 9.91. The van der Waals surface area contributed by atoms with Gasteiger partial charge in [0, 0.05) is 16.8 Å². The van der Waals surface area contributed by atoms with Crippen LogP contribution in [0.1, 0.15) is 18.7 Å². The third-order valence-corrected chi connectivity index (χ3v) is 4.48. The van der Waals surface area contributed by atoms with E-state index < -0.39 is 17.9 Å². The van der Waals surface area contributed by atoms with Crippen LogP contribution in [-0.4, -0.2) is 29.6 Å². The second-order valence-electron chi connectivity index (χ2n) is 4.52. The van der Waals surface area contributed by atoms with Crippen LogP contribution in [0.25, 0.3) is 0 Å². The molecule has 0 bridgehead atoms. The Morgan fingerprint density at radius 2 is 2.17 bits per heavy atom. The second-order valence-corrected chi connectivity index (χ2v) is 6.98. The fourth-order valence-corrected chi connectivity index (χ4v) is 2.78. The molecule has 1 aromatic heterocycles. The highest BCUT2D eigenvalue weighted by Gasteiger charge is 2.26. The molecular formula is C11H15BrN2O3S. The quantitative estimate of drug-likeness (QED) is 0.708.